The summed E-state index contributed by atoms with van der Waals surface area (Å²) in [4.78, 5) is 0. The molecule has 0 bridgehead atoms. The first kappa shape index (κ1) is 25.2. The molecular formula is C11H25N3SiZr. The van der Waals surface area contributed by atoms with Crippen molar-refractivity contribution in [1.29, 1.82) is 0 Å². The van der Waals surface area contributed by atoms with E-state index >= 15 is 0 Å². The van der Waals surface area contributed by atoms with Crippen LogP contribution in [0.3, 0.4) is 0 Å². The average Bonchev–Trinajstić information content (AvgIpc) is 2.79. The number of hydrogen-bond acceptors (Lipinski definition) is 0. The molecule has 0 radical (unpaired) electrons. The molecule has 1 aromatic rings. The van der Waals surface area contributed by atoms with E-state index in [-0.39, 0.29) is 26.2 Å². The minimum atomic E-state index is -0.981. The zero-order chi connectivity index (χ0) is 12.9. The topological polar surface area (TPSA) is 71.4 Å². The van der Waals surface area contributed by atoms with E-state index in [9.17, 15) is 0 Å². The molecule has 5 heteroatoms. The molecule has 0 unspecified atom stereocenters. The maximum Gasteiger partial charge on any atom is 4.00 e. The summed E-state index contributed by atoms with van der Waals surface area (Å²) < 4.78 is 0. The molecule has 0 saturated heterocycles. The van der Waals surface area contributed by atoms with Gasteiger partial charge in [0, 0.05) is 8.07 Å². The van der Waals surface area contributed by atoms with E-state index in [0.717, 1.165) is 0 Å². The molecule has 92 valence electrons. The Morgan fingerprint density at radius 2 is 1.00 bits per heavy atom. The first-order valence-corrected chi connectivity index (χ1v) is 8.33. The van der Waals surface area contributed by atoms with Crippen molar-refractivity contribution >= 4 is 13.3 Å². The number of hydrogen-bond donors (Lipinski definition) is 0. The van der Waals surface area contributed by atoms with Gasteiger partial charge in [0.1, 0.15) is 0 Å². The van der Waals surface area contributed by atoms with E-state index in [2.05, 4.69) is 43.9 Å². The van der Waals surface area contributed by atoms with Crippen LogP contribution in [0.4, 0.5) is 0 Å². The third kappa shape index (κ3) is 14.3. The Balaban J connectivity index is -0.0000000900. The Kier molecular flexibility index (Phi) is 28.0. The van der Waals surface area contributed by atoms with E-state index in [0.29, 0.717) is 0 Å². The van der Waals surface area contributed by atoms with Crippen LogP contribution in [0.15, 0.2) is 24.3 Å². The summed E-state index contributed by atoms with van der Waals surface area (Å²) >= 11 is 0. The molecule has 0 heterocycles. The fourth-order valence-corrected chi connectivity index (χ4v) is 2.07. The molecule has 3 N–H and O–H groups in total. The minimum Gasteiger partial charge on any atom is -0.680 e. The van der Waals surface area contributed by atoms with Gasteiger partial charge in [0.05, 0.1) is 0 Å². The molecule has 0 saturated carbocycles. The first-order valence-electron chi connectivity index (χ1n) is 4.83. The molecule has 0 aliphatic heterocycles. The maximum atomic E-state index is 5.75. The summed E-state index contributed by atoms with van der Waals surface area (Å²) in [5, 5.41) is 1.56. The summed E-state index contributed by atoms with van der Waals surface area (Å²) in [6, 6.07) is 8.69. The van der Waals surface area contributed by atoms with Crippen LogP contribution >= 0.6 is 0 Å². The van der Waals surface area contributed by atoms with Crippen molar-refractivity contribution in [2.45, 2.75) is 19.6 Å². The number of rotatable bonds is 1. The quantitative estimate of drug-likeness (QED) is 0.555. The van der Waals surface area contributed by atoms with E-state index in [1.54, 1.807) is 5.19 Å². The second kappa shape index (κ2) is 17.7. The second-order valence-corrected chi connectivity index (χ2v) is 8.50. The van der Waals surface area contributed by atoms with Crippen LogP contribution in [0.5, 0.6) is 0 Å². The van der Waals surface area contributed by atoms with Gasteiger partial charge < -0.3 is 17.2 Å². The summed E-state index contributed by atoms with van der Waals surface area (Å²) in [7, 11) is 2.77. The largest absolute Gasteiger partial charge is 4.00 e. The van der Waals surface area contributed by atoms with E-state index in [1.807, 2.05) is 0 Å². The van der Waals surface area contributed by atoms with Crippen molar-refractivity contribution in [2.24, 2.45) is 0 Å². The van der Waals surface area contributed by atoms with Crippen molar-refractivity contribution in [2.75, 3.05) is 21.1 Å². The Bertz CT molecular complexity index is 184. The van der Waals surface area contributed by atoms with Gasteiger partial charge in [-0.2, -0.15) is 38.5 Å². The van der Waals surface area contributed by atoms with Gasteiger partial charge in [-0.05, 0) is 0 Å². The molecule has 0 aliphatic rings. The summed E-state index contributed by atoms with van der Waals surface area (Å²) in [6.45, 7) is 7.09. The Morgan fingerprint density at radius 1 is 0.750 bits per heavy atom. The molecule has 1 aromatic carbocycles. The Morgan fingerprint density at radius 3 is 1.12 bits per heavy atom. The first-order chi connectivity index (χ1) is 7.11. The SMILES string of the molecule is C[NH-].C[NH-].C[NH-].C[Si](C)(C)[c-]1cccc1.[Zr+4]. The van der Waals surface area contributed by atoms with Gasteiger partial charge in [-0.15, -0.1) is 0 Å². The van der Waals surface area contributed by atoms with E-state index < -0.39 is 8.07 Å². The third-order valence-corrected chi connectivity index (χ3v) is 3.59. The van der Waals surface area contributed by atoms with Crippen LogP contribution in [0, 0.1) is 0 Å². The predicted molar refractivity (Wildman–Crippen MR) is 75.8 cm³/mol. The fraction of sp³-hybridized carbons (Fsp3) is 0.545. The molecule has 0 fully saturated rings. The van der Waals surface area contributed by atoms with Crippen LogP contribution in [-0.4, -0.2) is 29.2 Å². The van der Waals surface area contributed by atoms with Gasteiger partial charge in [-0.1, -0.05) is 19.6 Å². The van der Waals surface area contributed by atoms with Crippen LogP contribution in [0.25, 0.3) is 17.2 Å². The van der Waals surface area contributed by atoms with Gasteiger partial charge in [0.15, 0.2) is 0 Å². The Hall–Kier alpha value is 0.330. The Labute approximate surface area is 121 Å². The van der Waals surface area contributed by atoms with Crippen LogP contribution in [-0.2, 0) is 26.2 Å². The standard InChI is InChI=1S/C8H13Si.3CH4N.Zr/c1-9(2,3)8-6-4-5-7-8;3*1-2;/h4-7H,1-3H3;3*2H,1H3;/q4*-1;+4. The maximum absolute atomic E-state index is 5.75. The molecule has 0 aromatic heterocycles. The molecule has 0 spiro atoms. The molecule has 16 heavy (non-hydrogen) atoms. The van der Waals surface area contributed by atoms with Crippen LogP contribution in [0.2, 0.25) is 19.6 Å². The van der Waals surface area contributed by atoms with Gasteiger partial charge in [-0.25, -0.2) is 12.1 Å². The monoisotopic (exact) mass is 317 g/mol. The van der Waals surface area contributed by atoms with Crippen molar-refractivity contribution < 1.29 is 26.2 Å². The molecular weight excluding hydrogens is 293 g/mol. The minimum absolute atomic E-state index is 0. The van der Waals surface area contributed by atoms with Crippen molar-refractivity contribution in [1.82, 2.24) is 0 Å². The second-order valence-electron chi connectivity index (χ2n) is 3.42. The van der Waals surface area contributed by atoms with Gasteiger partial charge in [0.25, 0.3) is 0 Å². The summed E-state index contributed by atoms with van der Waals surface area (Å²) in [6.07, 6.45) is 0. The predicted octanol–water partition coefficient (Wildman–Crippen LogP) is 3.95. The van der Waals surface area contributed by atoms with Crippen molar-refractivity contribution in [3.8, 4) is 0 Å². The fourth-order valence-electron chi connectivity index (χ4n) is 0.874. The molecule has 0 atom stereocenters. The average molecular weight is 319 g/mol. The van der Waals surface area contributed by atoms with Crippen LogP contribution < -0.4 is 5.19 Å². The third-order valence-electron chi connectivity index (χ3n) is 1.53. The van der Waals surface area contributed by atoms with Crippen molar-refractivity contribution in [3.63, 3.8) is 0 Å². The smallest absolute Gasteiger partial charge is 0.680 e. The van der Waals surface area contributed by atoms with E-state index in [4.69, 9.17) is 17.2 Å². The van der Waals surface area contributed by atoms with Gasteiger partial charge in [-0.3, -0.25) is 0 Å². The molecule has 3 nitrogen and oxygen atoms in total. The number of nitrogens with one attached hydrogen (secondary N) is 3. The molecule has 0 aliphatic carbocycles. The summed E-state index contributed by atoms with van der Waals surface area (Å²) in [5.41, 5.74) is 17.2. The van der Waals surface area contributed by atoms with E-state index in [1.165, 1.54) is 21.1 Å². The molecule has 1 rings (SSSR count). The summed E-state index contributed by atoms with van der Waals surface area (Å²) in [5.74, 6) is 0. The molecule has 0 amide bonds. The zero-order valence-electron chi connectivity index (χ0n) is 11.3. The zero-order valence-corrected chi connectivity index (χ0v) is 14.8. The van der Waals surface area contributed by atoms with Gasteiger partial charge in [0.2, 0.25) is 0 Å². The van der Waals surface area contributed by atoms with Crippen molar-refractivity contribution in [3.05, 3.63) is 41.5 Å². The normalized spacial score (nSPS) is 7.81. The van der Waals surface area contributed by atoms with Gasteiger partial charge >= 0.3 is 26.2 Å². The van der Waals surface area contributed by atoms with Crippen LogP contribution in [0.1, 0.15) is 0 Å².